The van der Waals surface area contributed by atoms with Gasteiger partial charge in [0.25, 0.3) is 0 Å². The van der Waals surface area contributed by atoms with Crippen LogP contribution in [0.25, 0.3) is 0 Å². The second kappa shape index (κ2) is 7.88. The number of methoxy groups -OCH3 is 2. The molecule has 0 aromatic heterocycles. The minimum Gasteiger partial charge on any atom is -0.497 e. The van der Waals surface area contributed by atoms with Crippen molar-refractivity contribution in [2.45, 2.75) is 38.8 Å². The van der Waals surface area contributed by atoms with E-state index in [4.69, 9.17) is 14.2 Å². The molecule has 0 aliphatic heterocycles. The lowest BCUT2D eigenvalue weighted by molar-refractivity contribution is -0.145. The molecule has 1 N–H and O–H groups in total. The lowest BCUT2D eigenvalue weighted by Gasteiger charge is -2.28. The van der Waals surface area contributed by atoms with Crippen LogP contribution in [-0.2, 0) is 14.3 Å². The lowest BCUT2D eigenvalue weighted by atomic mass is 9.98. The molecule has 1 aromatic carbocycles. The fourth-order valence-corrected chi connectivity index (χ4v) is 1.93. The van der Waals surface area contributed by atoms with Crippen LogP contribution in [0.2, 0.25) is 0 Å². The highest BCUT2D eigenvalue weighted by Crippen LogP contribution is 2.22. The van der Waals surface area contributed by atoms with Crippen LogP contribution in [0.15, 0.2) is 24.3 Å². The highest BCUT2D eigenvalue weighted by molar-refractivity contribution is 5.79. The summed E-state index contributed by atoms with van der Waals surface area (Å²) < 4.78 is 15.7. The van der Waals surface area contributed by atoms with Crippen LogP contribution in [-0.4, -0.2) is 38.4 Å². The fraction of sp³-hybridized carbons (Fsp3) is 0.562. The average Bonchev–Trinajstić information content (AvgIpc) is 2.47. The van der Waals surface area contributed by atoms with Crippen molar-refractivity contribution in [1.82, 2.24) is 0 Å². The summed E-state index contributed by atoms with van der Waals surface area (Å²) in [6, 6.07) is 6.96. The topological polar surface area (TPSA) is 56.8 Å². The zero-order valence-electron chi connectivity index (χ0n) is 13.4. The summed E-state index contributed by atoms with van der Waals surface area (Å²) in [6.07, 6.45) is 0.500. The summed E-state index contributed by atoms with van der Waals surface area (Å²) in [6.45, 7) is 6.02. The molecule has 1 aromatic rings. The summed E-state index contributed by atoms with van der Waals surface area (Å²) in [5.74, 6) is 0.444. The molecule has 0 heterocycles. The molecule has 0 bridgehead atoms. The van der Waals surface area contributed by atoms with Crippen molar-refractivity contribution >= 4 is 11.7 Å². The second-order valence-electron chi connectivity index (χ2n) is 5.35. The Morgan fingerprint density at radius 2 is 2.05 bits per heavy atom. The second-order valence-corrected chi connectivity index (χ2v) is 5.35. The highest BCUT2D eigenvalue weighted by atomic mass is 16.5. The van der Waals surface area contributed by atoms with E-state index in [2.05, 4.69) is 5.32 Å². The molecule has 5 nitrogen and oxygen atoms in total. The third-order valence-electron chi connectivity index (χ3n) is 3.23. The highest BCUT2D eigenvalue weighted by Gasteiger charge is 2.29. The molecule has 0 saturated heterocycles. The molecule has 0 fully saturated rings. The maximum absolute atomic E-state index is 12.1. The molecule has 1 rings (SSSR count). The number of hydrogen-bond donors (Lipinski definition) is 1. The maximum atomic E-state index is 12.1. The number of anilines is 1. The van der Waals surface area contributed by atoms with Gasteiger partial charge in [-0.25, -0.2) is 4.79 Å². The van der Waals surface area contributed by atoms with Crippen LogP contribution in [0, 0.1) is 0 Å². The first-order valence-corrected chi connectivity index (χ1v) is 7.04. The summed E-state index contributed by atoms with van der Waals surface area (Å²) in [5, 5.41) is 3.19. The maximum Gasteiger partial charge on any atom is 0.328 e. The number of benzene rings is 1. The lowest BCUT2D eigenvalue weighted by Crippen LogP contribution is -2.39. The summed E-state index contributed by atoms with van der Waals surface area (Å²) in [4.78, 5) is 12.1. The van der Waals surface area contributed by atoms with Crippen LogP contribution in [0.1, 0.15) is 27.2 Å². The van der Waals surface area contributed by atoms with Gasteiger partial charge in [-0.1, -0.05) is 6.07 Å². The van der Waals surface area contributed by atoms with Gasteiger partial charge in [-0.15, -0.1) is 0 Å². The molecule has 5 heteroatoms. The third-order valence-corrected chi connectivity index (χ3v) is 3.23. The van der Waals surface area contributed by atoms with Crippen molar-refractivity contribution in [3.8, 4) is 5.75 Å². The van der Waals surface area contributed by atoms with Crippen molar-refractivity contribution in [1.29, 1.82) is 0 Å². The molecular weight excluding hydrogens is 270 g/mol. The van der Waals surface area contributed by atoms with Gasteiger partial charge in [-0.05, 0) is 32.9 Å². The number of carbonyl (C=O) groups excluding carboxylic acids is 1. The Bertz CT molecular complexity index is 459. The van der Waals surface area contributed by atoms with Crippen LogP contribution in [0.3, 0.4) is 0 Å². The number of nitrogens with one attached hydrogen (secondary N) is 1. The predicted molar refractivity (Wildman–Crippen MR) is 82.7 cm³/mol. The zero-order valence-corrected chi connectivity index (χ0v) is 13.4. The molecule has 1 unspecified atom stereocenters. The Morgan fingerprint density at radius 3 is 2.62 bits per heavy atom. The van der Waals surface area contributed by atoms with E-state index < -0.39 is 11.6 Å². The molecule has 0 radical (unpaired) electrons. The van der Waals surface area contributed by atoms with Crippen LogP contribution < -0.4 is 10.1 Å². The first kappa shape index (κ1) is 17.3. The van der Waals surface area contributed by atoms with E-state index in [1.807, 2.05) is 38.1 Å². The van der Waals surface area contributed by atoms with Crippen LogP contribution >= 0.6 is 0 Å². The molecule has 0 spiro atoms. The molecule has 118 valence electrons. The standard InChI is InChI=1S/C16H25NO4/c1-6-21-15(18)14(11-16(2,3)20-5)17-12-8-7-9-13(10-12)19-4/h7-10,14,17H,6,11H2,1-5H3. The van der Waals surface area contributed by atoms with Gasteiger partial charge in [-0.3, -0.25) is 0 Å². The van der Waals surface area contributed by atoms with Gasteiger partial charge in [0.1, 0.15) is 11.8 Å². The minimum atomic E-state index is -0.480. The van der Waals surface area contributed by atoms with Gasteiger partial charge in [0.2, 0.25) is 0 Å². The van der Waals surface area contributed by atoms with Gasteiger partial charge in [0, 0.05) is 25.3 Å². The molecule has 0 aliphatic carbocycles. The van der Waals surface area contributed by atoms with Crippen molar-refractivity contribution in [2.24, 2.45) is 0 Å². The fourth-order valence-electron chi connectivity index (χ4n) is 1.93. The molecule has 0 amide bonds. The van der Waals surface area contributed by atoms with Gasteiger partial charge >= 0.3 is 5.97 Å². The molecule has 0 saturated carbocycles. The quantitative estimate of drug-likeness (QED) is 0.747. The van der Waals surface area contributed by atoms with Crippen molar-refractivity contribution in [3.63, 3.8) is 0 Å². The van der Waals surface area contributed by atoms with E-state index in [1.54, 1.807) is 21.1 Å². The van der Waals surface area contributed by atoms with E-state index in [1.165, 1.54) is 0 Å². The van der Waals surface area contributed by atoms with Crippen LogP contribution in [0.4, 0.5) is 5.69 Å². The largest absolute Gasteiger partial charge is 0.497 e. The number of carbonyl (C=O) groups is 1. The van der Waals surface area contributed by atoms with E-state index in [-0.39, 0.29) is 5.97 Å². The van der Waals surface area contributed by atoms with Crippen molar-refractivity contribution in [2.75, 3.05) is 26.1 Å². The van der Waals surface area contributed by atoms with E-state index in [0.717, 1.165) is 11.4 Å². The minimum absolute atomic E-state index is 0.287. The number of hydrogen-bond acceptors (Lipinski definition) is 5. The molecule has 0 aliphatic rings. The Balaban J connectivity index is 2.87. The first-order chi connectivity index (χ1) is 9.91. The summed E-state index contributed by atoms with van der Waals surface area (Å²) in [5.41, 5.74) is 0.378. The normalized spacial score (nSPS) is 12.6. The number of esters is 1. The monoisotopic (exact) mass is 295 g/mol. The number of rotatable bonds is 8. The van der Waals surface area contributed by atoms with Crippen molar-refractivity contribution in [3.05, 3.63) is 24.3 Å². The Morgan fingerprint density at radius 1 is 1.33 bits per heavy atom. The smallest absolute Gasteiger partial charge is 0.328 e. The Kier molecular flexibility index (Phi) is 6.49. The zero-order chi connectivity index (χ0) is 15.9. The van der Waals surface area contributed by atoms with Gasteiger partial charge in [0.05, 0.1) is 19.3 Å². The average molecular weight is 295 g/mol. The molecular formula is C16H25NO4. The van der Waals surface area contributed by atoms with Crippen molar-refractivity contribution < 1.29 is 19.0 Å². The van der Waals surface area contributed by atoms with Gasteiger partial charge in [-0.2, -0.15) is 0 Å². The first-order valence-electron chi connectivity index (χ1n) is 7.04. The predicted octanol–water partition coefficient (Wildman–Crippen LogP) is 2.85. The molecule has 21 heavy (non-hydrogen) atoms. The Labute approximate surface area is 126 Å². The summed E-state index contributed by atoms with van der Waals surface area (Å²) in [7, 11) is 3.24. The van der Waals surface area contributed by atoms with E-state index >= 15 is 0 Å². The Hall–Kier alpha value is -1.75. The summed E-state index contributed by atoms with van der Waals surface area (Å²) >= 11 is 0. The van der Waals surface area contributed by atoms with E-state index in [0.29, 0.717) is 13.0 Å². The van der Waals surface area contributed by atoms with Crippen LogP contribution in [0.5, 0.6) is 5.75 Å². The number of ether oxygens (including phenoxy) is 3. The molecule has 1 atom stereocenters. The third kappa shape index (κ3) is 5.63. The van der Waals surface area contributed by atoms with Gasteiger partial charge in [0.15, 0.2) is 0 Å². The SMILES string of the molecule is CCOC(=O)C(CC(C)(C)OC)Nc1cccc(OC)c1. The van der Waals surface area contributed by atoms with E-state index in [9.17, 15) is 4.79 Å². The van der Waals surface area contributed by atoms with Gasteiger partial charge < -0.3 is 19.5 Å².